The molecule has 4 heteroatoms. The van der Waals surface area contributed by atoms with Crippen molar-refractivity contribution in [3.63, 3.8) is 0 Å². The van der Waals surface area contributed by atoms with Crippen LogP contribution in [0.15, 0.2) is 48.5 Å². The van der Waals surface area contributed by atoms with Crippen LogP contribution < -0.4 is 4.90 Å². The zero-order valence-electron chi connectivity index (χ0n) is 14.3. The highest BCUT2D eigenvalue weighted by Gasteiger charge is 2.35. The van der Waals surface area contributed by atoms with E-state index >= 15 is 0 Å². The van der Waals surface area contributed by atoms with Gasteiger partial charge in [0.05, 0.1) is 0 Å². The molecule has 1 heterocycles. The standard InChI is InChI=1S/C20H22N2O2/c1-14-9-10-18(13-15(14)2)22-12-11-21(16(3)19(22)23)20(24)17-7-5-4-6-8-17/h4-10,13,16H,11-12H2,1-3H3/t16-/m1/s1. The molecule has 24 heavy (non-hydrogen) atoms. The molecule has 2 aromatic rings. The normalized spacial score (nSPS) is 18.0. The minimum Gasteiger partial charge on any atom is -0.325 e. The minimum atomic E-state index is -0.465. The third-order valence-electron chi connectivity index (χ3n) is 4.74. The maximum atomic E-state index is 12.8. The summed E-state index contributed by atoms with van der Waals surface area (Å²) in [5, 5.41) is 0. The molecule has 0 aliphatic carbocycles. The van der Waals surface area contributed by atoms with Gasteiger partial charge in [-0.3, -0.25) is 9.59 Å². The van der Waals surface area contributed by atoms with E-state index in [1.807, 2.05) is 43.3 Å². The molecule has 0 spiro atoms. The topological polar surface area (TPSA) is 40.6 Å². The summed E-state index contributed by atoms with van der Waals surface area (Å²) in [5.74, 6) is -0.120. The van der Waals surface area contributed by atoms with Crippen molar-refractivity contribution in [1.29, 1.82) is 0 Å². The maximum absolute atomic E-state index is 12.8. The number of nitrogens with zero attached hydrogens (tertiary/aromatic N) is 2. The number of hydrogen-bond acceptors (Lipinski definition) is 2. The lowest BCUT2D eigenvalue weighted by Gasteiger charge is -2.39. The maximum Gasteiger partial charge on any atom is 0.254 e. The smallest absolute Gasteiger partial charge is 0.254 e. The van der Waals surface area contributed by atoms with E-state index in [0.717, 1.165) is 11.3 Å². The Morgan fingerprint density at radius 3 is 2.38 bits per heavy atom. The van der Waals surface area contributed by atoms with Gasteiger partial charge >= 0.3 is 0 Å². The van der Waals surface area contributed by atoms with Gasteiger partial charge < -0.3 is 9.80 Å². The molecule has 1 aliphatic rings. The number of amides is 2. The number of anilines is 1. The van der Waals surface area contributed by atoms with Gasteiger partial charge in [0.2, 0.25) is 5.91 Å². The molecular formula is C20H22N2O2. The lowest BCUT2D eigenvalue weighted by atomic mass is 10.1. The van der Waals surface area contributed by atoms with E-state index in [9.17, 15) is 9.59 Å². The number of rotatable bonds is 2. The highest BCUT2D eigenvalue weighted by Crippen LogP contribution is 2.24. The monoisotopic (exact) mass is 322 g/mol. The molecule has 0 aromatic heterocycles. The van der Waals surface area contributed by atoms with Crippen LogP contribution in [0.2, 0.25) is 0 Å². The van der Waals surface area contributed by atoms with Crippen molar-refractivity contribution in [1.82, 2.24) is 4.90 Å². The second-order valence-electron chi connectivity index (χ2n) is 6.30. The molecule has 0 radical (unpaired) electrons. The van der Waals surface area contributed by atoms with Gasteiger partial charge in [0.25, 0.3) is 5.91 Å². The number of hydrogen-bond donors (Lipinski definition) is 0. The summed E-state index contributed by atoms with van der Waals surface area (Å²) in [6.45, 7) is 6.95. The quantitative estimate of drug-likeness (QED) is 0.852. The van der Waals surface area contributed by atoms with Crippen molar-refractivity contribution < 1.29 is 9.59 Å². The average molecular weight is 322 g/mol. The van der Waals surface area contributed by atoms with Crippen LogP contribution >= 0.6 is 0 Å². The van der Waals surface area contributed by atoms with Crippen LogP contribution in [0.1, 0.15) is 28.4 Å². The van der Waals surface area contributed by atoms with Crippen molar-refractivity contribution in [2.45, 2.75) is 26.8 Å². The number of aryl methyl sites for hydroxylation is 2. The van der Waals surface area contributed by atoms with E-state index in [1.165, 1.54) is 5.56 Å². The van der Waals surface area contributed by atoms with Crippen LogP contribution in [0.5, 0.6) is 0 Å². The molecule has 0 saturated carbocycles. The van der Waals surface area contributed by atoms with Crippen LogP contribution in [-0.2, 0) is 4.79 Å². The van der Waals surface area contributed by atoms with Crippen LogP contribution in [0.25, 0.3) is 0 Å². The van der Waals surface area contributed by atoms with E-state index in [4.69, 9.17) is 0 Å². The molecule has 1 atom stereocenters. The molecule has 4 nitrogen and oxygen atoms in total. The molecule has 1 saturated heterocycles. The Labute approximate surface area is 142 Å². The van der Waals surface area contributed by atoms with Crippen molar-refractivity contribution in [3.05, 3.63) is 65.2 Å². The first kappa shape index (κ1) is 16.2. The van der Waals surface area contributed by atoms with Crippen LogP contribution in [0, 0.1) is 13.8 Å². The largest absolute Gasteiger partial charge is 0.325 e. The second kappa shape index (κ2) is 6.48. The zero-order valence-corrected chi connectivity index (χ0v) is 14.3. The van der Waals surface area contributed by atoms with Crippen molar-refractivity contribution in [3.8, 4) is 0 Å². The Kier molecular flexibility index (Phi) is 4.38. The zero-order chi connectivity index (χ0) is 17.3. The summed E-state index contributed by atoms with van der Waals surface area (Å²) in [6.07, 6.45) is 0. The molecule has 124 valence electrons. The summed E-state index contributed by atoms with van der Waals surface area (Å²) in [4.78, 5) is 28.9. The Bertz CT molecular complexity index is 770. The van der Waals surface area contributed by atoms with Crippen molar-refractivity contribution in [2.24, 2.45) is 0 Å². The number of carbonyl (C=O) groups excluding carboxylic acids is 2. The Hall–Kier alpha value is -2.62. The lowest BCUT2D eigenvalue weighted by molar-refractivity contribution is -0.124. The van der Waals surface area contributed by atoms with Crippen molar-refractivity contribution >= 4 is 17.5 Å². The van der Waals surface area contributed by atoms with Gasteiger partial charge in [-0.05, 0) is 56.2 Å². The lowest BCUT2D eigenvalue weighted by Crippen LogP contribution is -2.57. The first-order valence-electron chi connectivity index (χ1n) is 8.23. The molecule has 1 aliphatic heterocycles. The second-order valence-corrected chi connectivity index (χ2v) is 6.30. The van der Waals surface area contributed by atoms with Gasteiger partial charge in [-0.2, -0.15) is 0 Å². The molecule has 2 amide bonds. The predicted molar refractivity (Wildman–Crippen MR) is 95.2 cm³/mol. The van der Waals surface area contributed by atoms with Crippen LogP contribution in [0.4, 0.5) is 5.69 Å². The summed E-state index contributed by atoms with van der Waals surface area (Å²) >= 11 is 0. The number of benzene rings is 2. The molecule has 0 bridgehead atoms. The molecule has 0 unspecified atom stereocenters. The highest BCUT2D eigenvalue weighted by molar-refractivity contribution is 6.03. The van der Waals surface area contributed by atoms with Gasteiger partial charge in [0.15, 0.2) is 0 Å². The molecule has 0 N–H and O–H groups in total. The molecule has 3 rings (SSSR count). The first-order valence-corrected chi connectivity index (χ1v) is 8.23. The Balaban J connectivity index is 1.81. The van der Waals surface area contributed by atoms with E-state index in [0.29, 0.717) is 18.7 Å². The van der Waals surface area contributed by atoms with E-state index in [1.54, 1.807) is 28.9 Å². The first-order chi connectivity index (χ1) is 11.5. The van der Waals surface area contributed by atoms with Gasteiger partial charge in [-0.25, -0.2) is 0 Å². The number of piperazine rings is 1. The predicted octanol–water partition coefficient (Wildman–Crippen LogP) is 3.18. The fourth-order valence-electron chi connectivity index (χ4n) is 3.04. The van der Waals surface area contributed by atoms with Crippen molar-refractivity contribution in [2.75, 3.05) is 18.0 Å². The molecule has 2 aromatic carbocycles. The average Bonchev–Trinajstić information content (AvgIpc) is 2.60. The Morgan fingerprint density at radius 2 is 1.71 bits per heavy atom. The van der Waals surface area contributed by atoms with Gasteiger partial charge in [0.1, 0.15) is 6.04 Å². The van der Waals surface area contributed by atoms with Crippen LogP contribution in [-0.4, -0.2) is 35.8 Å². The summed E-state index contributed by atoms with van der Waals surface area (Å²) < 4.78 is 0. The summed E-state index contributed by atoms with van der Waals surface area (Å²) in [6, 6.07) is 14.7. The third-order valence-corrected chi connectivity index (χ3v) is 4.74. The van der Waals surface area contributed by atoms with E-state index in [-0.39, 0.29) is 11.8 Å². The van der Waals surface area contributed by atoms with Crippen LogP contribution in [0.3, 0.4) is 0 Å². The fourth-order valence-corrected chi connectivity index (χ4v) is 3.04. The highest BCUT2D eigenvalue weighted by atomic mass is 16.2. The van der Waals surface area contributed by atoms with Gasteiger partial charge in [-0.1, -0.05) is 24.3 Å². The molecule has 1 fully saturated rings. The van der Waals surface area contributed by atoms with E-state index in [2.05, 4.69) is 6.92 Å². The fraction of sp³-hybridized carbons (Fsp3) is 0.300. The van der Waals surface area contributed by atoms with Gasteiger partial charge in [-0.15, -0.1) is 0 Å². The summed E-state index contributed by atoms with van der Waals surface area (Å²) in [5.41, 5.74) is 3.89. The number of carbonyl (C=O) groups is 2. The summed E-state index contributed by atoms with van der Waals surface area (Å²) in [7, 11) is 0. The Morgan fingerprint density at radius 1 is 1.00 bits per heavy atom. The SMILES string of the molecule is Cc1ccc(N2CCN(C(=O)c3ccccc3)[C@H](C)C2=O)cc1C. The third kappa shape index (κ3) is 2.92. The molecular weight excluding hydrogens is 300 g/mol. The van der Waals surface area contributed by atoms with E-state index < -0.39 is 6.04 Å². The minimum absolute atomic E-state index is 0.0335. The van der Waals surface area contributed by atoms with Gasteiger partial charge in [0, 0.05) is 24.3 Å².